The Balaban J connectivity index is 1.91. The van der Waals surface area contributed by atoms with E-state index in [-0.39, 0.29) is 0 Å². The van der Waals surface area contributed by atoms with Crippen LogP contribution in [0.5, 0.6) is 0 Å². The van der Waals surface area contributed by atoms with Crippen LogP contribution in [0.3, 0.4) is 0 Å². The Hall–Kier alpha value is -2.41. The summed E-state index contributed by atoms with van der Waals surface area (Å²) in [5.41, 5.74) is 8.16. The molecule has 3 rings (SSSR count). The zero-order valence-electron chi connectivity index (χ0n) is 17.6. The second kappa shape index (κ2) is 7.68. The average molecular weight is 359 g/mol. The SMILES string of the molecule is Cc1ccccc1-c1cc(-c2ccc(C(C)CC(C)(C)C)cc2)cc[n+]1C. The standard InChI is InChI=1S/C26H32N/c1-19-9-7-8-10-24(19)25-17-23(15-16-27(25)6)22-13-11-21(12-14-22)20(2)18-26(3,4)5/h7-17,20H,18H2,1-6H3/q+1. The van der Waals surface area contributed by atoms with Crippen LogP contribution in [0.25, 0.3) is 22.4 Å². The van der Waals surface area contributed by atoms with Crippen molar-refractivity contribution in [3.05, 3.63) is 78.0 Å². The molecule has 2 aromatic carbocycles. The third-order valence-corrected chi connectivity index (χ3v) is 5.30. The van der Waals surface area contributed by atoms with E-state index in [4.69, 9.17) is 0 Å². The summed E-state index contributed by atoms with van der Waals surface area (Å²) in [5, 5.41) is 0. The van der Waals surface area contributed by atoms with Crippen molar-refractivity contribution < 1.29 is 4.57 Å². The predicted octanol–water partition coefficient (Wildman–Crippen LogP) is 6.69. The topological polar surface area (TPSA) is 3.88 Å². The first-order chi connectivity index (χ1) is 12.7. The summed E-state index contributed by atoms with van der Waals surface area (Å²) in [6, 6.07) is 22.2. The minimum atomic E-state index is 0.356. The maximum absolute atomic E-state index is 2.33. The van der Waals surface area contributed by atoms with Gasteiger partial charge in [-0.2, -0.15) is 0 Å². The molecule has 0 radical (unpaired) electrons. The molecule has 3 aromatic rings. The number of rotatable bonds is 4. The van der Waals surface area contributed by atoms with Gasteiger partial charge in [0.05, 0.1) is 0 Å². The molecule has 0 amide bonds. The van der Waals surface area contributed by atoms with E-state index in [2.05, 4.69) is 113 Å². The summed E-state index contributed by atoms with van der Waals surface area (Å²) >= 11 is 0. The molecule has 0 saturated carbocycles. The van der Waals surface area contributed by atoms with Crippen LogP contribution in [0.15, 0.2) is 66.9 Å². The maximum Gasteiger partial charge on any atom is 0.213 e. The molecule has 1 atom stereocenters. The lowest BCUT2D eigenvalue weighted by Crippen LogP contribution is -2.30. The molecule has 1 unspecified atom stereocenters. The van der Waals surface area contributed by atoms with Crippen molar-refractivity contribution in [2.45, 2.75) is 47.0 Å². The molecule has 0 aliphatic rings. The van der Waals surface area contributed by atoms with Gasteiger partial charge in [0.25, 0.3) is 0 Å². The Morgan fingerprint density at radius 2 is 1.56 bits per heavy atom. The molecule has 0 aliphatic heterocycles. The van der Waals surface area contributed by atoms with Crippen molar-refractivity contribution in [1.29, 1.82) is 0 Å². The normalized spacial score (nSPS) is 12.8. The Bertz CT molecular complexity index is 914. The first-order valence-corrected chi connectivity index (χ1v) is 9.90. The molecule has 140 valence electrons. The third kappa shape index (κ3) is 4.66. The molecule has 0 aliphatic carbocycles. The van der Waals surface area contributed by atoms with Crippen LogP contribution in [0.1, 0.15) is 51.2 Å². The van der Waals surface area contributed by atoms with E-state index in [9.17, 15) is 0 Å². The van der Waals surface area contributed by atoms with Crippen LogP contribution in [0.2, 0.25) is 0 Å². The number of aromatic nitrogens is 1. The van der Waals surface area contributed by atoms with Gasteiger partial charge in [0.15, 0.2) is 6.20 Å². The fourth-order valence-corrected chi connectivity index (χ4v) is 3.92. The van der Waals surface area contributed by atoms with E-state index in [1.54, 1.807) is 0 Å². The number of hydrogen-bond acceptors (Lipinski definition) is 0. The van der Waals surface area contributed by atoms with E-state index < -0.39 is 0 Å². The van der Waals surface area contributed by atoms with Gasteiger partial charge >= 0.3 is 0 Å². The maximum atomic E-state index is 2.33. The van der Waals surface area contributed by atoms with E-state index in [0.29, 0.717) is 11.3 Å². The Labute approximate surface area is 164 Å². The minimum Gasteiger partial charge on any atom is -0.201 e. The number of nitrogens with zero attached hydrogens (tertiary/aromatic N) is 1. The van der Waals surface area contributed by atoms with E-state index in [0.717, 1.165) is 0 Å². The average Bonchev–Trinajstić information content (AvgIpc) is 2.62. The number of aryl methyl sites for hydroxylation is 2. The van der Waals surface area contributed by atoms with Crippen LogP contribution in [0.4, 0.5) is 0 Å². The van der Waals surface area contributed by atoms with Gasteiger partial charge in [-0.25, -0.2) is 4.57 Å². The lowest BCUT2D eigenvalue weighted by atomic mass is 9.82. The predicted molar refractivity (Wildman–Crippen MR) is 116 cm³/mol. The third-order valence-electron chi connectivity index (χ3n) is 5.30. The molecule has 1 nitrogen and oxygen atoms in total. The van der Waals surface area contributed by atoms with Crippen LogP contribution in [0, 0.1) is 12.3 Å². The monoisotopic (exact) mass is 358 g/mol. The Morgan fingerprint density at radius 1 is 0.889 bits per heavy atom. The largest absolute Gasteiger partial charge is 0.213 e. The lowest BCUT2D eigenvalue weighted by molar-refractivity contribution is -0.660. The molecule has 0 saturated heterocycles. The van der Waals surface area contributed by atoms with Gasteiger partial charge in [0, 0.05) is 17.7 Å². The molecule has 1 heteroatoms. The molecular weight excluding hydrogens is 326 g/mol. The Kier molecular flexibility index (Phi) is 5.51. The number of hydrogen-bond donors (Lipinski definition) is 0. The number of benzene rings is 2. The first-order valence-electron chi connectivity index (χ1n) is 9.90. The molecule has 27 heavy (non-hydrogen) atoms. The van der Waals surface area contributed by atoms with Crippen molar-refractivity contribution in [3.63, 3.8) is 0 Å². The number of pyridine rings is 1. The quantitative estimate of drug-likeness (QED) is 0.457. The lowest BCUT2D eigenvalue weighted by Gasteiger charge is -2.23. The van der Waals surface area contributed by atoms with Gasteiger partial charge in [-0.1, -0.05) is 70.2 Å². The van der Waals surface area contributed by atoms with Gasteiger partial charge in [0.1, 0.15) is 7.05 Å². The minimum absolute atomic E-state index is 0.356. The molecule has 1 heterocycles. The second-order valence-corrected chi connectivity index (χ2v) is 9.01. The smallest absolute Gasteiger partial charge is 0.201 e. The molecule has 0 spiro atoms. The molecule has 0 fully saturated rings. The molecule has 0 bridgehead atoms. The van der Waals surface area contributed by atoms with E-state index in [1.807, 2.05) is 0 Å². The summed E-state index contributed by atoms with van der Waals surface area (Å²) in [4.78, 5) is 0. The fraction of sp³-hybridized carbons (Fsp3) is 0.346. The first kappa shape index (κ1) is 19.4. The summed E-state index contributed by atoms with van der Waals surface area (Å²) < 4.78 is 2.20. The highest BCUT2D eigenvalue weighted by molar-refractivity contribution is 5.70. The summed E-state index contributed by atoms with van der Waals surface area (Å²) in [7, 11) is 2.11. The fourth-order valence-electron chi connectivity index (χ4n) is 3.92. The highest BCUT2D eigenvalue weighted by atomic mass is 14.9. The van der Waals surface area contributed by atoms with Crippen LogP contribution >= 0.6 is 0 Å². The molecule has 1 aromatic heterocycles. The van der Waals surface area contributed by atoms with Gasteiger partial charge in [-0.15, -0.1) is 0 Å². The second-order valence-electron chi connectivity index (χ2n) is 9.01. The van der Waals surface area contributed by atoms with Crippen LogP contribution < -0.4 is 4.57 Å². The Morgan fingerprint density at radius 3 is 2.19 bits per heavy atom. The highest BCUT2D eigenvalue weighted by Gasteiger charge is 2.17. The van der Waals surface area contributed by atoms with E-state index in [1.165, 1.54) is 39.9 Å². The van der Waals surface area contributed by atoms with Gasteiger partial charge in [-0.05, 0) is 53.0 Å². The van der Waals surface area contributed by atoms with Gasteiger partial charge in [0.2, 0.25) is 5.69 Å². The van der Waals surface area contributed by atoms with E-state index >= 15 is 0 Å². The van der Waals surface area contributed by atoms with Crippen molar-refractivity contribution in [3.8, 4) is 22.4 Å². The molecular formula is C26H32N+. The van der Waals surface area contributed by atoms with Crippen LogP contribution in [-0.2, 0) is 7.05 Å². The van der Waals surface area contributed by atoms with Crippen molar-refractivity contribution >= 4 is 0 Å². The van der Waals surface area contributed by atoms with Crippen molar-refractivity contribution in [1.82, 2.24) is 0 Å². The highest BCUT2D eigenvalue weighted by Crippen LogP contribution is 2.32. The summed E-state index contributed by atoms with van der Waals surface area (Å²) in [6.45, 7) is 11.4. The summed E-state index contributed by atoms with van der Waals surface area (Å²) in [6.07, 6.45) is 3.36. The van der Waals surface area contributed by atoms with Crippen molar-refractivity contribution in [2.24, 2.45) is 12.5 Å². The summed E-state index contributed by atoms with van der Waals surface area (Å²) in [5.74, 6) is 0.579. The van der Waals surface area contributed by atoms with Gasteiger partial charge in [-0.3, -0.25) is 0 Å². The van der Waals surface area contributed by atoms with Crippen molar-refractivity contribution in [2.75, 3.05) is 0 Å². The molecule has 0 N–H and O–H groups in total. The zero-order valence-corrected chi connectivity index (χ0v) is 17.6. The zero-order chi connectivity index (χ0) is 19.6. The van der Waals surface area contributed by atoms with Gasteiger partial charge < -0.3 is 0 Å². The van der Waals surface area contributed by atoms with Crippen LogP contribution in [-0.4, -0.2) is 0 Å².